The van der Waals surface area contributed by atoms with Crippen LogP contribution < -0.4 is 0 Å². The number of rotatable bonds is 34. The van der Waals surface area contributed by atoms with Crippen molar-refractivity contribution in [2.45, 2.75) is 155 Å². The molecule has 0 aliphatic heterocycles. The number of amides is 1. The highest BCUT2D eigenvalue weighted by atomic mass is 32.2. The van der Waals surface area contributed by atoms with Gasteiger partial charge >= 0.3 is 11.9 Å². The zero-order valence-electron chi connectivity index (χ0n) is 31.0. The van der Waals surface area contributed by atoms with E-state index in [4.69, 9.17) is 9.47 Å². The second kappa shape index (κ2) is 35.5. The number of hydrogen-bond donors (Lipinski definition) is 0. The summed E-state index contributed by atoms with van der Waals surface area (Å²) in [5, 5.41) is 0. The van der Waals surface area contributed by atoms with E-state index in [9.17, 15) is 14.4 Å². The molecule has 0 aliphatic rings. The summed E-state index contributed by atoms with van der Waals surface area (Å²) in [6.07, 6.45) is 31.3. The molecule has 0 aliphatic carbocycles. The van der Waals surface area contributed by atoms with Crippen LogP contribution in [0, 0.1) is 0 Å². The third kappa shape index (κ3) is 33.9. The number of ether oxygens (including phenoxy) is 2. The van der Waals surface area contributed by atoms with Crippen molar-refractivity contribution in [2.75, 3.05) is 52.0 Å². The zero-order valence-corrected chi connectivity index (χ0v) is 31.8. The van der Waals surface area contributed by atoms with Gasteiger partial charge in [0.25, 0.3) is 0 Å². The molecule has 1 amide bonds. The van der Waals surface area contributed by atoms with Gasteiger partial charge in [-0.05, 0) is 65.5 Å². The number of allylic oxidation sites excluding steroid dienone is 2. The maximum atomic E-state index is 13.0. The highest BCUT2D eigenvalue weighted by molar-refractivity contribution is 7.99. The Morgan fingerprint density at radius 1 is 0.553 bits per heavy atom. The molecule has 7 nitrogen and oxygen atoms in total. The van der Waals surface area contributed by atoms with Gasteiger partial charge in [0.05, 0.1) is 5.75 Å². The number of carbonyl (C=O) groups is 3. The molecule has 0 fully saturated rings. The Hall–Kier alpha value is -1.80. The van der Waals surface area contributed by atoms with E-state index in [1.165, 1.54) is 51.4 Å². The lowest BCUT2D eigenvalue weighted by atomic mass is 10.1. The third-order valence-electron chi connectivity index (χ3n) is 8.01. The number of thioether (sulfide) groups is 1. The number of carbonyl (C=O) groups excluding carboxylic acids is 3. The minimum atomic E-state index is -0.108. The normalized spacial score (nSPS) is 11.6. The molecule has 0 rings (SSSR count). The van der Waals surface area contributed by atoms with Crippen LogP contribution in [0.15, 0.2) is 24.3 Å². The largest absolute Gasteiger partial charge is 0.461 e. The Bertz CT molecular complexity index is 750. The molecule has 0 radical (unpaired) electrons. The summed E-state index contributed by atoms with van der Waals surface area (Å²) in [5.74, 6) is 1.37. The van der Waals surface area contributed by atoms with Crippen molar-refractivity contribution in [3.8, 4) is 0 Å². The molecular formula is C39H72N2O5S. The molecule has 0 aromatic heterocycles. The molecule has 0 atom stereocenters. The molecule has 0 spiro atoms. The van der Waals surface area contributed by atoms with Crippen LogP contribution in [0.4, 0.5) is 0 Å². The van der Waals surface area contributed by atoms with Gasteiger partial charge < -0.3 is 19.3 Å². The van der Waals surface area contributed by atoms with Crippen molar-refractivity contribution < 1.29 is 23.9 Å². The van der Waals surface area contributed by atoms with Crippen molar-refractivity contribution in [3.63, 3.8) is 0 Å². The van der Waals surface area contributed by atoms with Crippen molar-refractivity contribution in [1.29, 1.82) is 0 Å². The van der Waals surface area contributed by atoms with E-state index in [1.54, 1.807) is 11.8 Å². The fraction of sp³-hybridized carbons (Fsp3) is 0.821. The van der Waals surface area contributed by atoms with E-state index >= 15 is 0 Å². The second-order valence-corrected chi connectivity index (χ2v) is 13.9. The Morgan fingerprint density at radius 3 is 1.43 bits per heavy atom. The molecule has 8 heteroatoms. The van der Waals surface area contributed by atoms with E-state index in [0.717, 1.165) is 96.0 Å². The van der Waals surface area contributed by atoms with Gasteiger partial charge in [-0.15, -0.1) is 11.8 Å². The Morgan fingerprint density at radius 2 is 0.979 bits per heavy atom. The van der Waals surface area contributed by atoms with Crippen molar-refractivity contribution in [3.05, 3.63) is 24.3 Å². The molecule has 0 saturated heterocycles. The van der Waals surface area contributed by atoms with Crippen molar-refractivity contribution in [1.82, 2.24) is 9.80 Å². The minimum absolute atomic E-state index is 0.108. The van der Waals surface area contributed by atoms with E-state index in [1.807, 2.05) is 31.1 Å². The van der Waals surface area contributed by atoms with E-state index in [-0.39, 0.29) is 17.8 Å². The van der Waals surface area contributed by atoms with Gasteiger partial charge in [0.1, 0.15) is 13.2 Å². The van der Waals surface area contributed by atoms with Crippen LogP contribution in [0.5, 0.6) is 0 Å². The number of hydrogen-bond acceptors (Lipinski definition) is 7. The van der Waals surface area contributed by atoms with Crippen LogP contribution in [-0.2, 0) is 23.9 Å². The molecule has 0 N–H and O–H groups in total. The molecule has 274 valence electrons. The Labute approximate surface area is 294 Å². The first-order valence-electron chi connectivity index (χ1n) is 19.0. The number of unbranched alkanes of at least 4 members (excludes halogenated alkanes) is 16. The first-order valence-corrected chi connectivity index (χ1v) is 20.2. The molecule has 47 heavy (non-hydrogen) atoms. The topological polar surface area (TPSA) is 76.1 Å². The molecule has 0 aromatic carbocycles. The van der Waals surface area contributed by atoms with E-state index < -0.39 is 0 Å². The maximum absolute atomic E-state index is 13.0. The van der Waals surface area contributed by atoms with Crippen molar-refractivity contribution >= 4 is 29.6 Å². The van der Waals surface area contributed by atoms with Gasteiger partial charge in [-0.1, -0.05) is 115 Å². The maximum Gasteiger partial charge on any atom is 0.306 e. The van der Waals surface area contributed by atoms with Crippen LogP contribution in [0.3, 0.4) is 0 Å². The lowest BCUT2D eigenvalue weighted by Gasteiger charge is -2.23. The van der Waals surface area contributed by atoms with Gasteiger partial charge in [0.15, 0.2) is 0 Å². The van der Waals surface area contributed by atoms with Crippen LogP contribution in [-0.4, -0.2) is 79.7 Å². The van der Waals surface area contributed by atoms with Gasteiger partial charge in [0.2, 0.25) is 5.91 Å². The molecule has 0 aromatic rings. The van der Waals surface area contributed by atoms with E-state index in [0.29, 0.717) is 31.8 Å². The van der Waals surface area contributed by atoms with E-state index in [2.05, 4.69) is 30.9 Å². The molecule has 0 heterocycles. The summed E-state index contributed by atoms with van der Waals surface area (Å²) in [6.45, 7) is 6.80. The summed E-state index contributed by atoms with van der Waals surface area (Å²) in [4.78, 5) is 41.0. The summed E-state index contributed by atoms with van der Waals surface area (Å²) in [6, 6.07) is 0. The van der Waals surface area contributed by atoms with Gasteiger partial charge in [0, 0.05) is 31.8 Å². The fourth-order valence-corrected chi connectivity index (χ4v) is 5.96. The third-order valence-corrected chi connectivity index (χ3v) is 9.16. The second-order valence-electron chi connectivity index (χ2n) is 13.0. The van der Waals surface area contributed by atoms with Crippen LogP contribution in [0.1, 0.15) is 155 Å². The first kappa shape index (κ1) is 45.2. The zero-order chi connectivity index (χ0) is 34.6. The summed E-state index contributed by atoms with van der Waals surface area (Å²) >= 11 is 1.67. The molecule has 0 unspecified atom stereocenters. The highest BCUT2D eigenvalue weighted by Gasteiger charge is 2.13. The van der Waals surface area contributed by atoms with Gasteiger partial charge in [-0.25, -0.2) is 0 Å². The average Bonchev–Trinajstić information content (AvgIpc) is 3.05. The summed E-state index contributed by atoms with van der Waals surface area (Å²) in [7, 11) is 4.05. The van der Waals surface area contributed by atoms with Crippen LogP contribution >= 0.6 is 11.8 Å². The van der Waals surface area contributed by atoms with Crippen LogP contribution in [0.2, 0.25) is 0 Å². The predicted molar refractivity (Wildman–Crippen MR) is 201 cm³/mol. The standard InChI is InChI=1S/C39H72N2O5S/c1-5-7-9-11-13-21-27-33-45-38(43)29-23-17-15-19-25-31-41(37(42)35-47-36-40(3)4)32-26-20-16-18-24-30-39(44)46-34-28-22-14-12-10-8-6-2/h21-22,27-28H,5-20,23-26,29-36H2,1-4H3. The lowest BCUT2D eigenvalue weighted by Crippen LogP contribution is -2.34. The molecular weight excluding hydrogens is 609 g/mol. The summed E-state index contributed by atoms with van der Waals surface area (Å²) in [5.41, 5.74) is 0. The quantitative estimate of drug-likeness (QED) is 0.0290. The minimum Gasteiger partial charge on any atom is -0.461 e. The molecule has 0 bridgehead atoms. The van der Waals surface area contributed by atoms with Crippen LogP contribution in [0.25, 0.3) is 0 Å². The number of esters is 2. The predicted octanol–water partition coefficient (Wildman–Crippen LogP) is 9.89. The fourth-order valence-electron chi connectivity index (χ4n) is 5.15. The van der Waals surface area contributed by atoms with Gasteiger partial charge in [-0.2, -0.15) is 0 Å². The lowest BCUT2D eigenvalue weighted by molar-refractivity contribution is -0.143. The number of nitrogens with zero attached hydrogens (tertiary/aromatic N) is 2. The van der Waals surface area contributed by atoms with Gasteiger partial charge in [-0.3, -0.25) is 14.4 Å². The Balaban J connectivity index is 4.07. The monoisotopic (exact) mass is 681 g/mol. The smallest absolute Gasteiger partial charge is 0.306 e. The average molecular weight is 681 g/mol. The Kier molecular flexibility index (Phi) is 34.1. The van der Waals surface area contributed by atoms with Crippen molar-refractivity contribution in [2.24, 2.45) is 0 Å². The first-order chi connectivity index (χ1) is 22.9. The highest BCUT2D eigenvalue weighted by Crippen LogP contribution is 2.12. The molecule has 0 saturated carbocycles. The SMILES string of the molecule is CCCCCCC=CCOC(=O)CCCCCCCN(CCCCCCCC(=O)OCC=CCCCCCC)C(=O)CSCN(C)C. The summed E-state index contributed by atoms with van der Waals surface area (Å²) < 4.78 is 10.6.